The lowest BCUT2D eigenvalue weighted by atomic mass is 10.1. The van der Waals surface area contributed by atoms with Crippen LogP contribution in [0.4, 0.5) is 0 Å². The van der Waals surface area contributed by atoms with Crippen molar-refractivity contribution < 1.29 is 4.79 Å². The van der Waals surface area contributed by atoms with Gasteiger partial charge in [-0.15, -0.1) is 0 Å². The van der Waals surface area contributed by atoms with Crippen molar-refractivity contribution in [3.05, 3.63) is 89.5 Å². The number of imidazole rings is 1. The Morgan fingerprint density at radius 1 is 0.968 bits per heavy atom. The molecule has 5 rings (SSSR count). The van der Waals surface area contributed by atoms with Crippen LogP contribution in [0.25, 0.3) is 16.9 Å². The summed E-state index contributed by atoms with van der Waals surface area (Å²) in [4.78, 5) is 25.9. The largest absolute Gasteiger partial charge is 0.336 e. The van der Waals surface area contributed by atoms with Gasteiger partial charge in [-0.2, -0.15) is 0 Å². The average Bonchev–Trinajstić information content (AvgIpc) is 3.18. The predicted molar refractivity (Wildman–Crippen MR) is 121 cm³/mol. The highest BCUT2D eigenvalue weighted by Gasteiger charge is 2.24. The molecule has 156 valence electrons. The molecule has 0 saturated carbocycles. The monoisotopic (exact) mass is 431 g/mol. The zero-order valence-electron chi connectivity index (χ0n) is 17.0. The fourth-order valence-electron chi connectivity index (χ4n) is 4.03. The van der Waals surface area contributed by atoms with Crippen LogP contribution in [-0.2, 0) is 6.54 Å². The number of pyridine rings is 2. The zero-order valence-corrected chi connectivity index (χ0v) is 17.7. The van der Waals surface area contributed by atoms with E-state index in [1.54, 1.807) is 18.5 Å². The van der Waals surface area contributed by atoms with Crippen LogP contribution in [0.5, 0.6) is 0 Å². The summed E-state index contributed by atoms with van der Waals surface area (Å²) in [5, 5.41) is 0.712. The van der Waals surface area contributed by atoms with Crippen LogP contribution < -0.4 is 0 Å². The highest BCUT2D eigenvalue weighted by molar-refractivity contribution is 6.30. The van der Waals surface area contributed by atoms with Crippen LogP contribution >= 0.6 is 11.6 Å². The lowest BCUT2D eigenvalue weighted by molar-refractivity contribution is 0.0626. The van der Waals surface area contributed by atoms with E-state index >= 15 is 0 Å². The first kappa shape index (κ1) is 19.7. The molecule has 0 bridgehead atoms. The molecule has 0 aliphatic carbocycles. The molecular weight excluding hydrogens is 410 g/mol. The van der Waals surface area contributed by atoms with Crippen molar-refractivity contribution in [1.29, 1.82) is 0 Å². The molecule has 1 amide bonds. The highest BCUT2D eigenvalue weighted by atomic mass is 35.5. The van der Waals surface area contributed by atoms with Crippen LogP contribution in [0.3, 0.4) is 0 Å². The van der Waals surface area contributed by atoms with Crippen LogP contribution in [0.1, 0.15) is 16.1 Å². The van der Waals surface area contributed by atoms with Crippen molar-refractivity contribution in [1.82, 2.24) is 24.2 Å². The number of halogens is 1. The SMILES string of the molecule is O=C(c1cccnc1)N1CCN(Cc2c(-c3ccc(Cl)cc3)nc3ccccn23)CC1. The molecule has 1 aliphatic heterocycles. The summed E-state index contributed by atoms with van der Waals surface area (Å²) in [6, 6.07) is 17.5. The summed E-state index contributed by atoms with van der Waals surface area (Å²) in [6.45, 7) is 3.78. The van der Waals surface area contributed by atoms with E-state index in [-0.39, 0.29) is 5.91 Å². The van der Waals surface area contributed by atoms with Gasteiger partial charge in [0.25, 0.3) is 5.91 Å². The molecule has 0 atom stereocenters. The number of rotatable bonds is 4. The maximum Gasteiger partial charge on any atom is 0.255 e. The number of carbonyl (C=O) groups excluding carboxylic acids is 1. The van der Waals surface area contributed by atoms with Gasteiger partial charge in [0.15, 0.2) is 0 Å². The first-order valence-corrected chi connectivity index (χ1v) is 10.7. The summed E-state index contributed by atoms with van der Waals surface area (Å²) < 4.78 is 2.15. The van der Waals surface area contributed by atoms with Crippen molar-refractivity contribution in [3.63, 3.8) is 0 Å². The number of amides is 1. The molecule has 3 aromatic heterocycles. The van der Waals surface area contributed by atoms with Gasteiger partial charge in [-0.25, -0.2) is 4.98 Å². The minimum atomic E-state index is 0.0457. The third-order valence-electron chi connectivity index (χ3n) is 5.69. The van der Waals surface area contributed by atoms with Crippen LogP contribution in [0.2, 0.25) is 5.02 Å². The van der Waals surface area contributed by atoms with Gasteiger partial charge in [-0.3, -0.25) is 14.7 Å². The first-order chi connectivity index (χ1) is 15.2. The molecule has 1 aliphatic rings. The van der Waals surface area contributed by atoms with E-state index < -0.39 is 0 Å². The molecule has 4 heterocycles. The van der Waals surface area contributed by atoms with E-state index in [0.29, 0.717) is 23.7 Å². The van der Waals surface area contributed by atoms with Gasteiger partial charge < -0.3 is 9.30 Å². The molecule has 4 aromatic rings. The molecule has 1 fully saturated rings. The summed E-state index contributed by atoms with van der Waals surface area (Å²) in [5.41, 5.74) is 4.73. The van der Waals surface area contributed by atoms with Gasteiger partial charge in [-0.05, 0) is 36.4 Å². The average molecular weight is 432 g/mol. The lowest BCUT2D eigenvalue weighted by Crippen LogP contribution is -2.48. The van der Waals surface area contributed by atoms with Gasteiger partial charge in [-0.1, -0.05) is 29.8 Å². The standard InChI is InChI=1S/C24H22ClN5O/c25-20-8-6-18(7-9-20)23-21(30-11-2-1-5-22(30)27-23)17-28-12-14-29(15-13-28)24(31)19-4-3-10-26-16-19/h1-11,16H,12-15,17H2. The lowest BCUT2D eigenvalue weighted by Gasteiger charge is -2.34. The van der Waals surface area contributed by atoms with Gasteiger partial charge in [0, 0.05) is 61.9 Å². The van der Waals surface area contributed by atoms with Crippen molar-refractivity contribution in [2.24, 2.45) is 0 Å². The molecule has 0 unspecified atom stereocenters. The van der Waals surface area contributed by atoms with E-state index in [9.17, 15) is 4.79 Å². The number of hydrogen-bond donors (Lipinski definition) is 0. The summed E-state index contributed by atoms with van der Waals surface area (Å²) >= 11 is 6.09. The number of fused-ring (bicyclic) bond motifs is 1. The fraction of sp³-hybridized carbons (Fsp3) is 0.208. The van der Waals surface area contributed by atoms with Gasteiger partial charge in [0.2, 0.25) is 0 Å². The zero-order chi connectivity index (χ0) is 21.2. The molecule has 0 radical (unpaired) electrons. The maximum atomic E-state index is 12.7. The number of aromatic nitrogens is 3. The number of piperazine rings is 1. The third kappa shape index (κ3) is 4.04. The van der Waals surface area contributed by atoms with Gasteiger partial charge >= 0.3 is 0 Å². The second-order valence-electron chi connectivity index (χ2n) is 7.65. The second-order valence-corrected chi connectivity index (χ2v) is 8.09. The predicted octanol–water partition coefficient (Wildman–Crippen LogP) is 4.01. The van der Waals surface area contributed by atoms with E-state index in [2.05, 4.69) is 20.5 Å². The molecule has 1 saturated heterocycles. The summed E-state index contributed by atoms with van der Waals surface area (Å²) in [5.74, 6) is 0.0457. The van der Waals surface area contributed by atoms with Gasteiger partial charge in [0.1, 0.15) is 5.65 Å². The molecule has 0 spiro atoms. The van der Waals surface area contributed by atoms with E-state index in [4.69, 9.17) is 16.6 Å². The Kier molecular flexibility index (Phi) is 5.40. The number of carbonyl (C=O) groups is 1. The topological polar surface area (TPSA) is 53.7 Å². The van der Waals surface area contributed by atoms with E-state index in [1.807, 2.05) is 53.4 Å². The normalized spacial score (nSPS) is 14.8. The van der Waals surface area contributed by atoms with E-state index in [0.717, 1.165) is 42.2 Å². The molecule has 6 nitrogen and oxygen atoms in total. The Morgan fingerprint density at radius 2 is 1.77 bits per heavy atom. The van der Waals surface area contributed by atoms with Crippen molar-refractivity contribution in [3.8, 4) is 11.3 Å². The Morgan fingerprint density at radius 3 is 2.52 bits per heavy atom. The minimum Gasteiger partial charge on any atom is -0.336 e. The van der Waals surface area contributed by atoms with Crippen LogP contribution in [-0.4, -0.2) is 56.3 Å². The molecule has 7 heteroatoms. The molecule has 1 aromatic carbocycles. The minimum absolute atomic E-state index is 0.0457. The highest BCUT2D eigenvalue weighted by Crippen LogP contribution is 2.27. The Balaban J connectivity index is 1.36. The third-order valence-corrected chi connectivity index (χ3v) is 5.94. The molecule has 31 heavy (non-hydrogen) atoms. The Bertz CT molecular complexity index is 1200. The van der Waals surface area contributed by atoms with Crippen LogP contribution in [0.15, 0.2) is 73.2 Å². The maximum absolute atomic E-state index is 12.7. The fourth-order valence-corrected chi connectivity index (χ4v) is 4.16. The van der Waals surface area contributed by atoms with Crippen LogP contribution in [0, 0.1) is 0 Å². The number of nitrogens with zero attached hydrogens (tertiary/aromatic N) is 5. The second kappa shape index (κ2) is 8.49. The smallest absolute Gasteiger partial charge is 0.255 e. The van der Waals surface area contributed by atoms with Crippen molar-refractivity contribution in [2.75, 3.05) is 26.2 Å². The summed E-state index contributed by atoms with van der Waals surface area (Å²) in [7, 11) is 0. The number of benzene rings is 1. The quantitative estimate of drug-likeness (QED) is 0.490. The Labute approximate surface area is 185 Å². The van der Waals surface area contributed by atoms with Crippen molar-refractivity contribution >= 4 is 23.2 Å². The number of hydrogen-bond acceptors (Lipinski definition) is 4. The Hall–Kier alpha value is -3.22. The van der Waals surface area contributed by atoms with E-state index in [1.165, 1.54) is 0 Å². The molecule has 0 N–H and O–H groups in total. The summed E-state index contributed by atoms with van der Waals surface area (Å²) in [6.07, 6.45) is 5.37. The molecular formula is C24H22ClN5O. The van der Waals surface area contributed by atoms with Crippen molar-refractivity contribution in [2.45, 2.75) is 6.54 Å². The first-order valence-electron chi connectivity index (χ1n) is 10.3. The van der Waals surface area contributed by atoms with Gasteiger partial charge in [0.05, 0.1) is 17.0 Å².